The second-order valence-corrected chi connectivity index (χ2v) is 6.12. The number of nitrogens with zero attached hydrogens (tertiary/aromatic N) is 5. The van der Waals surface area contributed by atoms with Crippen molar-refractivity contribution in [2.45, 2.75) is 13.0 Å². The Morgan fingerprint density at radius 1 is 1.33 bits per heavy atom. The Hall–Kier alpha value is -0.950. The van der Waals surface area contributed by atoms with Gasteiger partial charge in [0.2, 0.25) is 0 Å². The first-order valence-electron chi connectivity index (χ1n) is 7.25. The molecule has 118 valence electrons. The maximum absolute atomic E-state index is 10.3. The normalized spacial score (nSPS) is 18.7. The number of aliphatic hydroxyl groups excluding tert-OH is 1. The molecule has 0 spiro atoms. The minimum absolute atomic E-state index is 0.410. The van der Waals surface area contributed by atoms with E-state index in [0.717, 1.165) is 32.0 Å². The monoisotopic (exact) mass is 313 g/mol. The van der Waals surface area contributed by atoms with Gasteiger partial charge >= 0.3 is 0 Å². The third-order valence-electron chi connectivity index (χ3n) is 3.73. The van der Waals surface area contributed by atoms with E-state index < -0.39 is 6.10 Å². The van der Waals surface area contributed by atoms with Crippen molar-refractivity contribution >= 4 is 17.4 Å². The number of hydrogen-bond acceptors (Lipinski definition) is 6. The second kappa shape index (κ2) is 7.35. The van der Waals surface area contributed by atoms with Crippen LogP contribution in [-0.2, 0) is 0 Å². The Bertz CT molecular complexity index is 444. The molecular formula is C14H24ClN5O. The zero-order valence-corrected chi connectivity index (χ0v) is 13.7. The van der Waals surface area contributed by atoms with Crippen molar-refractivity contribution in [1.29, 1.82) is 0 Å². The number of β-amino-alcohol motifs (C(OH)–C–C–N with tert-alkyl or cyclic N) is 1. The fourth-order valence-electron chi connectivity index (χ4n) is 2.51. The van der Waals surface area contributed by atoms with E-state index in [0.29, 0.717) is 24.1 Å². The molecule has 0 aromatic carbocycles. The van der Waals surface area contributed by atoms with Crippen LogP contribution in [0.1, 0.15) is 5.82 Å². The van der Waals surface area contributed by atoms with Crippen LogP contribution in [0.25, 0.3) is 0 Å². The fraction of sp³-hybridized carbons (Fsp3) is 0.714. The smallest absolute Gasteiger partial charge is 0.134 e. The summed E-state index contributed by atoms with van der Waals surface area (Å²) in [7, 11) is 4.04. The summed E-state index contributed by atoms with van der Waals surface area (Å²) >= 11 is 5.95. The Morgan fingerprint density at radius 3 is 2.62 bits per heavy atom. The number of hydrogen-bond donors (Lipinski definition) is 1. The lowest BCUT2D eigenvalue weighted by Gasteiger charge is -2.34. The van der Waals surface area contributed by atoms with Crippen molar-refractivity contribution < 1.29 is 5.11 Å². The predicted octanol–water partition coefficient (Wildman–Crippen LogP) is 0.483. The molecule has 0 amide bonds. The molecule has 21 heavy (non-hydrogen) atoms. The molecule has 0 saturated carbocycles. The van der Waals surface area contributed by atoms with E-state index in [1.54, 1.807) is 6.07 Å². The van der Waals surface area contributed by atoms with Crippen LogP contribution in [0, 0.1) is 6.92 Å². The molecule has 1 N–H and O–H groups in total. The zero-order chi connectivity index (χ0) is 15.4. The van der Waals surface area contributed by atoms with E-state index in [-0.39, 0.29) is 0 Å². The van der Waals surface area contributed by atoms with E-state index in [1.807, 2.05) is 18.9 Å². The van der Waals surface area contributed by atoms with Gasteiger partial charge in [-0.2, -0.15) is 0 Å². The van der Waals surface area contributed by atoms with Gasteiger partial charge in [-0.1, -0.05) is 11.6 Å². The van der Waals surface area contributed by atoms with Crippen LogP contribution in [0.5, 0.6) is 0 Å². The Kier molecular flexibility index (Phi) is 5.75. The van der Waals surface area contributed by atoms with Crippen LogP contribution in [0.15, 0.2) is 6.07 Å². The van der Waals surface area contributed by atoms with Crippen molar-refractivity contribution in [1.82, 2.24) is 19.8 Å². The molecule has 0 aliphatic carbocycles. The molecule has 1 aliphatic rings. The first-order valence-corrected chi connectivity index (χ1v) is 7.63. The van der Waals surface area contributed by atoms with Crippen LogP contribution in [0.2, 0.25) is 5.15 Å². The van der Waals surface area contributed by atoms with Crippen LogP contribution in [-0.4, -0.2) is 84.3 Å². The summed E-state index contributed by atoms with van der Waals surface area (Å²) in [6, 6.07) is 1.72. The average Bonchev–Trinajstić information content (AvgIpc) is 2.40. The summed E-state index contributed by atoms with van der Waals surface area (Å²) in [5.74, 6) is 1.38. The number of aryl methyl sites for hydroxylation is 1. The van der Waals surface area contributed by atoms with E-state index in [9.17, 15) is 5.11 Å². The van der Waals surface area contributed by atoms with Crippen molar-refractivity contribution in [3.63, 3.8) is 0 Å². The van der Waals surface area contributed by atoms with Crippen LogP contribution in [0.4, 0.5) is 5.82 Å². The lowest BCUT2D eigenvalue weighted by atomic mass is 10.2. The lowest BCUT2D eigenvalue weighted by molar-refractivity contribution is 0.0842. The summed E-state index contributed by atoms with van der Waals surface area (Å²) in [5, 5.41) is 10.7. The molecule has 1 aromatic heterocycles. The van der Waals surface area contributed by atoms with Crippen LogP contribution in [0.3, 0.4) is 0 Å². The highest BCUT2D eigenvalue weighted by molar-refractivity contribution is 6.29. The third-order valence-corrected chi connectivity index (χ3v) is 3.93. The molecule has 0 unspecified atom stereocenters. The third kappa shape index (κ3) is 5.07. The topological polar surface area (TPSA) is 55.7 Å². The average molecular weight is 314 g/mol. The van der Waals surface area contributed by atoms with Gasteiger partial charge in [0.15, 0.2) is 0 Å². The van der Waals surface area contributed by atoms with E-state index in [1.165, 1.54) is 0 Å². The molecule has 0 radical (unpaired) electrons. The zero-order valence-electron chi connectivity index (χ0n) is 13.0. The summed E-state index contributed by atoms with van der Waals surface area (Å²) in [6.45, 7) is 7.16. The van der Waals surface area contributed by atoms with Crippen molar-refractivity contribution in [2.75, 3.05) is 58.3 Å². The van der Waals surface area contributed by atoms with Gasteiger partial charge in [-0.25, -0.2) is 9.97 Å². The number of anilines is 1. The fourth-order valence-corrected chi connectivity index (χ4v) is 2.73. The number of aliphatic hydroxyl groups is 1. The number of halogens is 1. The molecule has 1 aromatic rings. The highest BCUT2D eigenvalue weighted by atomic mass is 35.5. The van der Waals surface area contributed by atoms with Gasteiger partial charge in [0.25, 0.3) is 0 Å². The highest BCUT2D eigenvalue weighted by Crippen LogP contribution is 2.15. The maximum atomic E-state index is 10.3. The number of rotatable bonds is 5. The molecule has 1 saturated heterocycles. The van der Waals surface area contributed by atoms with Gasteiger partial charge in [-0.05, 0) is 14.0 Å². The second-order valence-electron chi connectivity index (χ2n) is 5.73. The molecule has 2 rings (SSSR count). The van der Waals surface area contributed by atoms with E-state index >= 15 is 0 Å². The summed E-state index contributed by atoms with van der Waals surface area (Å²) < 4.78 is 0. The Morgan fingerprint density at radius 2 is 2.00 bits per heavy atom. The summed E-state index contributed by atoms with van der Waals surface area (Å²) in [4.78, 5) is 14.9. The molecule has 2 heterocycles. The highest BCUT2D eigenvalue weighted by Gasteiger charge is 2.18. The quantitative estimate of drug-likeness (QED) is 0.798. The molecule has 7 heteroatoms. The van der Waals surface area contributed by atoms with Gasteiger partial charge in [0.05, 0.1) is 6.10 Å². The molecule has 1 aliphatic heterocycles. The van der Waals surface area contributed by atoms with Crippen molar-refractivity contribution in [3.05, 3.63) is 17.0 Å². The Labute approximate surface area is 131 Å². The SMILES string of the molecule is Cc1nc(Cl)cc(N(C)C[C@@H](O)CN2CCN(C)CC2)n1. The summed E-state index contributed by atoms with van der Waals surface area (Å²) in [6.07, 6.45) is -0.410. The van der Waals surface area contributed by atoms with E-state index in [4.69, 9.17) is 11.6 Å². The molecule has 1 atom stereocenters. The Balaban J connectivity index is 1.85. The van der Waals surface area contributed by atoms with Gasteiger partial charge in [0, 0.05) is 52.4 Å². The number of aromatic nitrogens is 2. The van der Waals surface area contributed by atoms with Crippen LogP contribution < -0.4 is 4.90 Å². The first kappa shape index (κ1) is 16.4. The lowest BCUT2D eigenvalue weighted by Crippen LogP contribution is -2.48. The maximum Gasteiger partial charge on any atom is 0.134 e. The minimum atomic E-state index is -0.410. The van der Waals surface area contributed by atoms with E-state index in [2.05, 4.69) is 26.8 Å². The van der Waals surface area contributed by atoms with Crippen LogP contribution >= 0.6 is 11.6 Å². The van der Waals surface area contributed by atoms with Gasteiger partial charge in [-0.15, -0.1) is 0 Å². The number of piperazine rings is 1. The van der Waals surface area contributed by atoms with Gasteiger partial charge < -0.3 is 14.9 Å². The molecule has 6 nitrogen and oxygen atoms in total. The van der Waals surface area contributed by atoms with Gasteiger partial charge in [-0.3, -0.25) is 4.90 Å². The standard InChI is InChI=1S/C14H24ClN5O/c1-11-16-13(15)8-14(17-11)19(3)9-12(21)10-20-6-4-18(2)5-7-20/h8,12,21H,4-7,9-10H2,1-3H3/t12-/m1/s1. The van der Waals surface area contributed by atoms with Crippen molar-refractivity contribution in [2.24, 2.45) is 0 Å². The molecule has 1 fully saturated rings. The molecular weight excluding hydrogens is 290 g/mol. The number of likely N-dealkylation sites (N-methyl/N-ethyl adjacent to an activating group) is 2. The largest absolute Gasteiger partial charge is 0.390 e. The summed E-state index contributed by atoms with van der Waals surface area (Å²) in [5.41, 5.74) is 0. The molecule has 0 bridgehead atoms. The predicted molar refractivity (Wildman–Crippen MR) is 85.0 cm³/mol. The van der Waals surface area contributed by atoms with Crippen molar-refractivity contribution in [3.8, 4) is 0 Å². The van der Waals surface area contributed by atoms with Gasteiger partial charge in [0.1, 0.15) is 16.8 Å². The minimum Gasteiger partial charge on any atom is -0.390 e. The first-order chi connectivity index (χ1) is 9.94.